The molecule has 0 atom stereocenters. The second kappa shape index (κ2) is 5.83. The van der Waals surface area contributed by atoms with Gasteiger partial charge in [-0.25, -0.2) is 0 Å². The Hall–Kier alpha value is -1.55. The SMILES string of the molecule is CC(C)(CCl)C(=O)Nc1ccccc1C(=O)NC1CC1. The molecule has 0 aromatic heterocycles. The maximum absolute atomic E-state index is 12.1. The van der Waals surface area contributed by atoms with Gasteiger partial charge in [-0.1, -0.05) is 12.1 Å². The third-order valence-electron chi connectivity index (χ3n) is 3.28. The molecular weight excluding hydrogens is 276 g/mol. The first-order valence-corrected chi connectivity index (χ1v) is 7.25. The summed E-state index contributed by atoms with van der Waals surface area (Å²) in [5, 5.41) is 5.71. The second-order valence-electron chi connectivity index (χ2n) is 5.76. The average molecular weight is 295 g/mol. The summed E-state index contributed by atoms with van der Waals surface area (Å²) >= 11 is 5.79. The van der Waals surface area contributed by atoms with Gasteiger partial charge in [-0.15, -0.1) is 11.6 Å². The van der Waals surface area contributed by atoms with E-state index in [1.807, 2.05) is 0 Å². The molecule has 0 heterocycles. The van der Waals surface area contributed by atoms with Crippen LogP contribution in [0, 0.1) is 5.41 Å². The van der Waals surface area contributed by atoms with Crippen LogP contribution in [0.25, 0.3) is 0 Å². The summed E-state index contributed by atoms with van der Waals surface area (Å²) in [5.41, 5.74) is 0.328. The Labute approximate surface area is 123 Å². The number of halogens is 1. The molecule has 4 nitrogen and oxygen atoms in total. The van der Waals surface area contributed by atoms with Gasteiger partial charge in [-0.2, -0.15) is 0 Å². The zero-order valence-electron chi connectivity index (χ0n) is 11.7. The molecule has 2 amide bonds. The molecule has 0 saturated heterocycles. The highest BCUT2D eigenvalue weighted by Crippen LogP contribution is 2.24. The van der Waals surface area contributed by atoms with E-state index in [2.05, 4.69) is 10.6 Å². The molecule has 1 aliphatic rings. The molecule has 0 unspecified atom stereocenters. The summed E-state index contributed by atoms with van der Waals surface area (Å²) in [6, 6.07) is 7.29. The molecule has 5 heteroatoms. The summed E-state index contributed by atoms with van der Waals surface area (Å²) in [7, 11) is 0. The van der Waals surface area contributed by atoms with Crippen LogP contribution in [0.2, 0.25) is 0 Å². The highest BCUT2D eigenvalue weighted by molar-refractivity contribution is 6.20. The van der Waals surface area contributed by atoms with E-state index >= 15 is 0 Å². The van der Waals surface area contributed by atoms with Crippen molar-refractivity contribution in [3.05, 3.63) is 29.8 Å². The Morgan fingerprint density at radius 2 is 1.95 bits per heavy atom. The first-order chi connectivity index (χ1) is 9.44. The van der Waals surface area contributed by atoms with Crippen LogP contribution in [0.1, 0.15) is 37.0 Å². The molecule has 108 valence electrons. The molecule has 2 rings (SSSR count). The van der Waals surface area contributed by atoms with Gasteiger partial charge >= 0.3 is 0 Å². The van der Waals surface area contributed by atoms with E-state index in [9.17, 15) is 9.59 Å². The van der Waals surface area contributed by atoms with Crippen molar-refractivity contribution >= 4 is 29.1 Å². The van der Waals surface area contributed by atoms with Crippen LogP contribution in [0.5, 0.6) is 0 Å². The molecule has 0 aliphatic heterocycles. The summed E-state index contributed by atoms with van der Waals surface area (Å²) in [5.74, 6) is -0.124. The molecule has 1 saturated carbocycles. The fourth-order valence-corrected chi connectivity index (χ4v) is 1.75. The number of hydrogen-bond acceptors (Lipinski definition) is 2. The zero-order chi connectivity index (χ0) is 14.8. The number of rotatable bonds is 5. The third kappa shape index (κ3) is 3.51. The van der Waals surface area contributed by atoms with Crippen molar-refractivity contribution in [3.63, 3.8) is 0 Å². The van der Waals surface area contributed by atoms with Crippen LogP contribution in [-0.4, -0.2) is 23.7 Å². The maximum atomic E-state index is 12.1. The number of hydrogen-bond donors (Lipinski definition) is 2. The van der Waals surface area contributed by atoms with E-state index in [0.29, 0.717) is 11.3 Å². The quantitative estimate of drug-likeness (QED) is 0.821. The van der Waals surface area contributed by atoms with E-state index < -0.39 is 5.41 Å². The molecule has 2 N–H and O–H groups in total. The molecule has 0 bridgehead atoms. The number of amides is 2. The first-order valence-electron chi connectivity index (χ1n) is 6.71. The minimum atomic E-state index is -0.679. The monoisotopic (exact) mass is 294 g/mol. The van der Waals surface area contributed by atoms with Crippen LogP contribution < -0.4 is 10.6 Å². The van der Waals surface area contributed by atoms with Crippen LogP contribution in [0.4, 0.5) is 5.69 Å². The molecule has 0 radical (unpaired) electrons. The van der Waals surface area contributed by atoms with Gasteiger partial charge in [0.1, 0.15) is 0 Å². The van der Waals surface area contributed by atoms with Gasteiger partial charge in [-0.3, -0.25) is 9.59 Å². The van der Waals surface area contributed by atoms with Gasteiger partial charge in [0.05, 0.1) is 16.7 Å². The maximum Gasteiger partial charge on any atom is 0.253 e. The minimum absolute atomic E-state index is 0.146. The number of anilines is 1. The van der Waals surface area contributed by atoms with E-state index in [1.165, 1.54) is 0 Å². The molecule has 20 heavy (non-hydrogen) atoms. The van der Waals surface area contributed by atoms with Gasteiger partial charge in [0.15, 0.2) is 0 Å². The molecule has 1 aromatic rings. The van der Waals surface area contributed by atoms with Crippen LogP contribution in [0.15, 0.2) is 24.3 Å². The van der Waals surface area contributed by atoms with Crippen molar-refractivity contribution in [2.75, 3.05) is 11.2 Å². The lowest BCUT2D eigenvalue weighted by atomic mass is 9.95. The van der Waals surface area contributed by atoms with Gasteiger partial charge in [0, 0.05) is 11.9 Å². The van der Waals surface area contributed by atoms with Crippen LogP contribution in [-0.2, 0) is 4.79 Å². The predicted molar refractivity (Wildman–Crippen MR) is 80.1 cm³/mol. The largest absolute Gasteiger partial charge is 0.349 e. The molecule has 1 fully saturated rings. The molecule has 1 aromatic carbocycles. The normalized spacial score (nSPS) is 14.8. The summed E-state index contributed by atoms with van der Waals surface area (Å²) in [6.45, 7) is 3.53. The van der Waals surface area contributed by atoms with E-state index in [1.54, 1.807) is 38.1 Å². The Kier molecular flexibility index (Phi) is 4.33. The molecule has 0 spiro atoms. The van der Waals surface area contributed by atoms with Crippen LogP contribution >= 0.6 is 11.6 Å². The van der Waals surface area contributed by atoms with Crippen LogP contribution in [0.3, 0.4) is 0 Å². The Morgan fingerprint density at radius 3 is 2.55 bits per heavy atom. The number of alkyl halides is 1. The zero-order valence-corrected chi connectivity index (χ0v) is 12.5. The van der Waals surface area contributed by atoms with Crippen molar-refractivity contribution in [2.24, 2.45) is 5.41 Å². The number of carbonyl (C=O) groups is 2. The summed E-state index contributed by atoms with van der Waals surface area (Å²) < 4.78 is 0. The minimum Gasteiger partial charge on any atom is -0.349 e. The number of benzene rings is 1. The van der Waals surface area contributed by atoms with Crippen molar-refractivity contribution in [1.29, 1.82) is 0 Å². The van der Waals surface area contributed by atoms with E-state index in [4.69, 9.17) is 11.6 Å². The second-order valence-corrected chi connectivity index (χ2v) is 6.03. The highest BCUT2D eigenvalue weighted by atomic mass is 35.5. The Balaban J connectivity index is 2.15. The lowest BCUT2D eigenvalue weighted by Crippen LogP contribution is -2.33. The molecular formula is C15H19ClN2O2. The van der Waals surface area contributed by atoms with Crippen molar-refractivity contribution in [3.8, 4) is 0 Å². The van der Waals surface area contributed by atoms with Crippen molar-refractivity contribution in [1.82, 2.24) is 5.32 Å². The Bertz CT molecular complexity index is 524. The first kappa shape index (κ1) is 14.9. The smallest absolute Gasteiger partial charge is 0.253 e. The van der Waals surface area contributed by atoms with Gasteiger partial charge in [0.2, 0.25) is 5.91 Å². The molecule has 1 aliphatic carbocycles. The lowest BCUT2D eigenvalue weighted by molar-refractivity contribution is -0.122. The van der Waals surface area contributed by atoms with E-state index in [-0.39, 0.29) is 23.7 Å². The number of nitrogens with one attached hydrogen (secondary N) is 2. The van der Waals surface area contributed by atoms with Crippen molar-refractivity contribution < 1.29 is 9.59 Å². The number of carbonyl (C=O) groups excluding carboxylic acids is 2. The predicted octanol–water partition coefficient (Wildman–Crippen LogP) is 2.78. The van der Waals surface area contributed by atoms with Crippen molar-refractivity contribution in [2.45, 2.75) is 32.7 Å². The van der Waals surface area contributed by atoms with Gasteiger partial charge < -0.3 is 10.6 Å². The summed E-state index contributed by atoms with van der Waals surface area (Å²) in [4.78, 5) is 24.3. The highest BCUT2D eigenvalue weighted by Gasteiger charge is 2.28. The topological polar surface area (TPSA) is 58.2 Å². The van der Waals surface area contributed by atoms with Gasteiger partial charge in [-0.05, 0) is 38.8 Å². The van der Waals surface area contributed by atoms with Gasteiger partial charge in [0.25, 0.3) is 5.91 Å². The average Bonchev–Trinajstić information content (AvgIpc) is 3.23. The lowest BCUT2D eigenvalue weighted by Gasteiger charge is -2.21. The third-order valence-corrected chi connectivity index (χ3v) is 3.95. The Morgan fingerprint density at radius 1 is 1.30 bits per heavy atom. The fourth-order valence-electron chi connectivity index (χ4n) is 1.63. The fraction of sp³-hybridized carbons (Fsp3) is 0.467. The summed E-state index contributed by atoms with van der Waals surface area (Å²) in [6.07, 6.45) is 2.05. The number of para-hydroxylation sites is 1. The standard InChI is InChI=1S/C15H19ClN2O2/c1-15(2,9-16)14(20)18-12-6-4-3-5-11(12)13(19)17-10-7-8-10/h3-6,10H,7-9H2,1-2H3,(H,17,19)(H,18,20). The van der Waals surface area contributed by atoms with E-state index in [0.717, 1.165) is 12.8 Å².